The fourth-order valence-electron chi connectivity index (χ4n) is 3.87. The lowest BCUT2D eigenvalue weighted by molar-refractivity contribution is -0.111. The van der Waals surface area contributed by atoms with E-state index < -0.39 is 0 Å². The molecule has 0 spiro atoms. The molecule has 0 aliphatic rings. The molecule has 0 aliphatic carbocycles. The van der Waals surface area contributed by atoms with Crippen LogP contribution in [0.4, 0.5) is 23.0 Å². The maximum Gasteiger partial charge on any atom is 0.247 e. The second-order valence-corrected chi connectivity index (χ2v) is 9.18. The zero-order chi connectivity index (χ0) is 26.5. The Bertz CT molecular complexity index is 1430. The summed E-state index contributed by atoms with van der Waals surface area (Å²) < 4.78 is 7.63. The average molecular weight is 520 g/mol. The minimum Gasteiger partial charge on any atom is -0.494 e. The van der Waals surface area contributed by atoms with Gasteiger partial charge in [-0.15, -0.1) is 0 Å². The van der Waals surface area contributed by atoms with Gasteiger partial charge in [0.25, 0.3) is 0 Å². The Morgan fingerprint density at radius 2 is 1.95 bits per heavy atom. The van der Waals surface area contributed by atoms with Crippen LogP contribution in [-0.2, 0) is 4.79 Å². The summed E-state index contributed by atoms with van der Waals surface area (Å²) in [6, 6.07) is 13.2. The molecule has 0 bridgehead atoms. The number of rotatable bonds is 10. The minimum atomic E-state index is -0.310. The van der Waals surface area contributed by atoms with Crippen LogP contribution in [0.1, 0.15) is 0 Å². The summed E-state index contributed by atoms with van der Waals surface area (Å²) in [5.41, 5.74) is 2.96. The molecule has 9 nitrogen and oxygen atoms in total. The lowest BCUT2D eigenvalue weighted by Gasteiger charge is -2.26. The fourth-order valence-corrected chi connectivity index (χ4v) is 4.04. The molecule has 2 N–H and O–H groups in total. The van der Waals surface area contributed by atoms with E-state index in [2.05, 4.69) is 32.0 Å². The first-order valence-electron chi connectivity index (χ1n) is 11.7. The molecule has 0 atom stereocenters. The molecule has 10 heteroatoms. The molecule has 0 aliphatic heterocycles. The van der Waals surface area contributed by atoms with Gasteiger partial charge in [-0.3, -0.25) is 4.79 Å². The number of hydrogen-bond donors (Lipinski definition) is 2. The second kappa shape index (κ2) is 11.3. The van der Waals surface area contributed by atoms with E-state index >= 15 is 0 Å². The predicted molar refractivity (Wildman–Crippen MR) is 151 cm³/mol. The zero-order valence-corrected chi connectivity index (χ0v) is 22.1. The highest BCUT2D eigenvalue weighted by molar-refractivity contribution is 6.31. The Morgan fingerprint density at radius 1 is 1.14 bits per heavy atom. The Hall–Kier alpha value is -4.08. The third-order valence-corrected chi connectivity index (χ3v) is 6.08. The Morgan fingerprint density at radius 3 is 2.68 bits per heavy atom. The Kier molecular flexibility index (Phi) is 7.95. The molecule has 37 heavy (non-hydrogen) atoms. The fraction of sp³-hybridized carbons (Fsp3) is 0.222. The topological polar surface area (TPSA) is 87.5 Å². The van der Waals surface area contributed by atoms with Crippen molar-refractivity contribution in [3.8, 4) is 11.6 Å². The number of carbonyl (C=O) groups excluding carboxylic acids is 1. The van der Waals surface area contributed by atoms with Gasteiger partial charge in [-0.25, -0.2) is 4.98 Å². The second-order valence-electron chi connectivity index (χ2n) is 8.74. The van der Waals surface area contributed by atoms with Gasteiger partial charge in [0.15, 0.2) is 0 Å². The van der Waals surface area contributed by atoms with Crippen LogP contribution in [0.15, 0.2) is 67.5 Å². The first-order chi connectivity index (χ1) is 17.8. The smallest absolute Gasteiger partial charge is 0.247 e. The van der Waals surface area contributed by atoms with Gasteiger partial charge < -0.3 is 29.7 Å². The third kappa shape index (κ3) is 6.02. The predicted octanol–water partition coefficient (Wildman–Crippen LogP) is 4.95. The number of carbonyl (C=O) groups is 1. The first-order valence-corrected chi connectivity index (χ1v) is 12.0. The van der Waals surface area contributed by atoms with Crippen LogP contribution in [0, 0.1) is 0 Å². The quantitative estimate of drug-likeness (QED) is 0.287. The van der Waals surface area contributed by atoms with E-state index in [9.17, 15) is 4.79 Å². The highest BCUT2D eigenvalue weighted by Crippen LogP contribution is 2.38. The van der Waals surface area contributed by atoms with Crippen molar-refractivity contribution in [2.75, 3.05) is 56.9 Å². The molecule has 2 aromatic carbocycles. The summed E-state index contributed by atoms with van der Waals surface area (Å²) in [5.74, 6) is 1.31. The summed E-state index contributed by atoms with van der Waals surface area (Å²) in [7, 11) is 7.59. The molecule has 1 amide bonds. The molecule has 0 saturated heterocycles. The van der Waals surface area contributed by atoms with E-state index in [1.807, 2.05) is 74.4 Å². The van der Waals surface area contributed by atoms with E-state index in [0.29, 0.717) is 33.9 Å². The standard InChI is InChI=1S/C27H30ClN7O2/c1-6-26(36)30-20-16-21(24(37-5)17-23(20)34(4)14-13-33(2)3)31-27-29-11-9-25(32-27)35-12-10-18-7-8-19(28)15-22(18)35/h6-12,15-17H,1,13-14H2,2-5H3,(H,30,36)(H,29,31,32). The maximum absolute atomic E-state index is 12.2. The number of halogens is 1. The average Bonchev–Trinajstić information content (AvgIpc) is 3.30. The van der Waals surface area contributed by atoms with Gasteiger partial charge in [0.2, 0.25) is 11.9 Å². The van der Waals surface area contributed by atoms with Crippen molar-refractivity contribution in [2.45, 2.75) is 0 Å². The number of aromatic nitrogens is 3. The number of methoxy groups -OCH3 is 1. The van der Waals surface area contributed by atoms with E-state index in [1.54, 1.807) is 13.3 Å². The number of anilines is 4. The van der Waals surface area contributed by atoms with E-state index in [-0.39, 0.29) is 5.91 Å². The van der Waals surface area contributed by atoms with Gasteiger partial charge in [0.05, 0.1) is 29.7 Å². The molecule has 0 radical (unpaired) electrons. The van der Waals surface area contributed by atoms with Gasteiger partial charge in [-0.2, -0.15) is 4.98 Å². The van der Waals surface area contributed by atoms with Crippen molar-refractivity contribution in [2.24, 2.45) is 0 Å². The van der Waals surface area contributed by atoms with Crippen LogP contribution >= 0.6 is 11.6 Å². The van der Waals surface area contributed by atoms with Crippen LogP contribution in [0.5, 0.6) is 5.75 Å². The summed E-state index contributed by atoms with van der Waals surface area (Å²) in [5, 5.41) is 7.84. The zero-order valence-electron chi connectivity index (χ0n) is 21.3. The number of amides is 1. The normalized spacial score (nSPS) is 11.0. The van der Waals surface area contributed by atoms with Gasteiger partial charge in [0, 0.05) is 49.0 Å². The van der Waals surface area contributed by atoms with Crippen molar-refractivity contribution >= 4 is 51.4 Å². The van der Waals surface area contributed by atoms with Crippen molar-refractivity contribution in [3.05, 3.63) is 72.5 Å². The lowest BCUT2D eigenvalue weighted by Crippen LogP contribution is -2.29. The van der Waals surface area contributed by atoms with E-state index in [0.717, 1.165) is 29.7 Å². The van der Waals surface area contributed by atoms with Crippen molar-refractivity contribution in [1.29, 1.82) is 0 Å². The van der Waals surface area contributed by atoms with Crippen LogP contribution in [0.2, 0.25) is 5.02 Å². The highest BCUT2D eigenvalue weighted by Gasteiger charge is 2.17. The molecule has 0 saturated carbocycles. The number of fused-ring (bicyclic) bond motifs is 1. The number of likely N-dealkylation sites (N-methyl/N-ethyl adjacent to an activating group) is 2. The van der Waals surface area contributed by atoms with Crippen LogP contribution in [0.25, 0.3) is 16.7 Å². The monoisotopic (exact) mass is 519 g/mol. The molecular weight excluding hydrogens is 490 g/mol. The summed E-state index contributed by atoms with van der Waals surface area (Å²) in [6.07, 6.45) is 4.85. The molecule has 4 aromatic rings. The van der Waals surface area contributed by atoms with Gasteiger partial charge in [-0.1, -0.05) is 24.2 Å². The number of nitrogens with zero attached hydrogens (tertiary/aromatic N) is 5. The number of hydrogen-bond acceptors (Lipinski definition) is 7. The van der Waals surface area contributed by atoms with Crippen molar-refractivity contribution in [1.82, 2.24) is 19.4 Å². The molecule has 0 fully saturated rings. The van der Waals surface area contributed by atoms with Crippen LogP contribution < -0.4 is 20.3 Å². The Labute approximate surface area is 221 Å². The summed E-state index contributed by atoms with van der Waals surface area (Å²) in [4.78, 5) is 25.5. The molecular formula is C27H30ClN7O2. The minimum absolute atomic E-state index is 0.310. The highest BCUT2D eigenvalue weighted by atomic mass is 35.5. The number of ether oxygens (including phenoxy) is 1. The lowest BCUT2D eigenvalue weighted by atomic mass is 10.2. The third-order valence-electron chi connectivity index (χ3n) is 5.84. The molecule has 2 heterocycles. The maximum atomic E-state index is 12.2. The van der Waals surface area contributed by atoms with Crippen molar-refractivity contribution in [3.63, 3.8) is 0 Å². The largest absolute Gasteiger partial charge is 0.494 e. The summed E-state index contributed by atoms with van der Waals surface area (Å²) in [6.45, 7) is 5.16. The van der Waals surface area contributed by atoms with Gasteiger partial charge in [0.1, 0.15) is 11.6 Å². The van der Waals surface area contributed by atoms with E-state index in [1.165, 1.54) is 6.08 Å². The van der Waals surface area contributed by atoms with Crippen molar-refractivity contribution < 1.29 is 9.53 Å². The van der Waals surface area contributed by atoms with E-state index in [4.69, 9.17) is 21.3 Å². The first kappa shape index (κ1) is 26.0. The number of benzene rings is 2. The van der Waals surface area contributed by atoms with Gasteiger partial charge in [-0.05, 0) is 50.5 Å². The Balaban J connectivity index is 1.70. The van der Waals surface area contributed by atoms with Crippen LogP contribution in [0.3, 0.4) is 0 Å². The molecule has 192 valence electrons. The van der Waals surface area contributed by atoms with Gasteiger partial charge >= 0.3 is 0 Å². The summed E-state index contributed by atoms with van der Waals surface area (Å²) >= 11 is 6.22. The number of nitrogens with one attached hydrogen (secondary N) is 2. The molecule has 2 aromatic heterocycles. The molecule has 4 rings (SSSR count). The molecule has 0 unspecified atom stereocenters. The SMILES string of the molecule is C=CC(=O)Nc1cc(Nc2nccc(-n3ccc4ccc(Cl)cc43)n2)c(OC)cc1N(C)CCN(C)C. The van der Waals surface area contributed by atoms with Crippen LogP contribution in [-0.4, -0.2) is 66.7 Å².